The smallest absolute Gasteiger partial charge is 0.149 e. The number of nitrogens with one attached hydrogen (secondary N) is 1. The molecule has 0 saturated heterocycles. The highest BCUT2D eigenvalue weighted by Gasteiger charge is 2.16. The molecule has 16 heavy (non-hydrogen) atoms. The highest BCUT2D eigenvalue weighted by molar-refractivity contribution is 5.65. The van der Waals surface area contributed by atoms with Crippen LogP contribution in [0.1, 0.15) is 25.3 Å². The SMILES string of the molecule is CC(C)c1c(N)n[nH]c1-c1ccc(F)cn1. The number of halogens is 1. The lowest BCUT2D eigenvalue weighted by molar-refractivity contribution is 0.621. The van der Waals surface area contributed by atoms with Crippen molar-refractivity contribution in [3.8, 4) is 11.4 Å². The van der Waals surface area contributed by atoms with Crippen LogP contribution < -0.4 is 5.73 Å². The summed E-state index contributed by atoms with van der Waals surface area (Å²) < 4.78 is 12.8. The number of hydrogen-bond acceptors (Lipinski definition) is 3. The van der Waals surface area contributed by atoms with Gasteiger partial charge in [-0.05, 0) is 18.1 Å². The maximum Gasteiger partial charge on any atom is 0.149 e. The van der Waals surface area contributed by atoms with Gasteiger partial charge in [-0.25, -0.2) is 4.39 Å². The van der Waals surface area contributed by atoms with Crippen molar-refractivity contribution in [1.82, 2.24) is 15.2 Å². The number of nitrogen functional groups attached to an aromatic ring is 1. The van der Waals surface area contributed by atoms with Crippen molar-refractivity contribution in [3.63, 3.8) is 0 Å². The van der Waals surface area contributed by atoms with Crippen molar-refractivity contribution >= 4 is 5.82 Å². The molecule has 0 fully saturated rings. The van der Waals surface area contributed by atoms with Crippen LogP contribution >= 0.6 is 0 Å². The molecule has 84 valence electrons. The molecule has 0 aliphatic heterocycles. The molecule has 0 spiro atoms. The zero-order valence-electron chi connectivity index (χ0n) is 9.16. The molecule has 0 bridgehead atoms. The Hall–Kier alpha value is -1.91. The van der Waals surface area contributed by atoms with Crippen LogP contribution in [-0.2, 0) is 0 Å². The molecule has 3 N–H and O–H groups in total. The van der Waals surface area contributed by atoms with Crippen LogP contribution in [0.15, 0.2) is 18.3 Å². The Morgan fingerprint density at radius 1 is 1.38 bits per heavy atom. The van der Waals surface area contributed by atoms with Gasteiger partial charge < -0.3 is 5.73 Å². The minimum Gasteiger partial charge on any atom is -0.382 e. The van der Waals surface area contributed by atoms with E-state index in [9.17, 15) is 4.39 Å². The molecule has 0 saturated carbocycles. The van der Waals surface area contributed by atoms with Gasteiger partial charge in [0.05, 0.1) is 17.6 Å². The van der Waals surface area contributed by atoms with Gasteiger partial charge in [-0.3, -0.25) is 10.1 Å². The second-order valence-electron chi connectivity index (χ2n) is 3.91. The number of nitrogens with two attached hydrogens (primary N) is 1. The van der Waals surface area contributed by atoms with Crippen molar-refractivity contribution in [2.24, 2.45) is 0 Å². The Balaban J connectivity index is 2.52. The fourth-order valence-electron chi connectivity index (χ4n) is 1.67. The Bertz CT molecular complexity index is 487. The average molecular weight is 220 g/mol. The van der Waals surface area contributed by atoms with Gasteiger partial charge in [0.15, 0.2) is 0 Å². The van der Waals surface area contributed by atoms with Crippen LogP contribution in [0, 0.1) is 5.82 Å². The summed E-state index contributed by atoms with van der Waals surface area (Å²) in [6, 6.07) is 2.97. The van der Waals surface area contributed by atoms with E-state index in [1.165, 1.54) is 12.3 Å². The number of hydrogen-bond donors (Lipinski definition) is 2. The molecule has 0 atom stereocenters. The van der Waals surface area contributed by atoms with Gasteiger partial charge >= 0.3 is 0 Å². The Morgan fingerprint density at radius 3 is 2.69 bits per heavy atom. The summed E-state index contributed by atoms with van der Waals surface area (Å²) in [5, 5.41) is 6.79. The summed E-state index contributed by atoms with van der Waals surface area (Å²) in [7, 11) is 0. The number of aromatic nitrogens is 3. The molecule has 2 aromatic rings. The molecule has 0 aliphatic carbocycles. The van der Waals surface area contributed by atoms with Gasteiger partial charge in [0.1, 0.15) is 11.6 Å². The van der Waals surface area contributed by atoms with E-state index >= 15 is 0 Å². The standard InChI is InChI=1S/C11H13FN4/c1-6(2)9-10(15-16-11(9)13)8-4-3-7(12)5-14-8/h3-6H,1-2H3,(H3,13,15,16). The van der Waals surface area contributed by atoms with Crippen LogP contribution in [0.3, 0.4) is 0 Å². The van der Waals surface area contributed by atoms with Crippen molar-refractivity contribution in [2.75, 3.05) is 5.73 Å². The molecule has 2 rings (SSSR count). The molecule has 4 nitrogen and oxygen atoms in total. The highest BCUT2D eigenvalue weighted by Crippen LogP contribution is 2.29. The van der Waals surface area contributed by atoms with Crippen LogP contribution in [0.2, 0.25) is 0 Å². The zero-order valence-corrected chi connectivity index (χ0v) is 9.16. The van der Waals surface area contributed by atoms with Gasteiger partial charge in [-0.15, -0.1) is 0 Å². The first-order valence-electron chi connectivity index (χ1n) is 5.05. The van der Waals surface area contributed by atoms with Crippen molar-refractivity contribution in [2.45, 2.75) is 19.8 Å². The molecule has 2 aromatic heterocycles. The van der Waals surface area contributed by atoms with Gasteiger partial charge in [0.25, 0.3) is 0 Å². The van der Waals surface area contributed by atoms with Gasteiger partial charge in [0, 0.05) is 5.56 Å². The van der Waals surface area contributed by atoms with E-state index in [0.717, 1.165) is 11.3 Å². The van der Waals surface area contributed by atoms with E-state index in [2.05, 4.69) is 15.2 Å². The summed E-state index contributed by atoms with van der Waals surface area (Å²) >= 11 is 0. The Labute approximate surface area is 92.7 Å². The van der Waals surface area contributed by atoms with Crippen molar-refractivity contribution in [1.29, 1.82) is 0 Å². The Kier molecular flexibility index (Phi) is 2.60. The van der Waals surface area contributed by atoms with E-state index in [-0.39, 0.29) is 11.7 Å². The number of nitrogens with zero attached hydrogens (tertiary/aromatic N) is 2. The summed E-state index contributed by atoms with van der Waals surface area (Å²) in [4.78, 5) is 4.00. The zero-order chi connectivity index (χ0) is 11.7. The summed E-state index contributed by atoms with van der Waals surface area (Å²) in [5.74, 6) is 0.346. The summed E-state index contributed by atoms with van der Waals surface area (Å²) in [5.41, 5.74) is 8.09. The third-order valence-electron chi connectivity index (χ3n) is 2.39. The topological polar surface area (TPSA) is 67.6 Å². The summed E-state index contributed by atoms with van der Waals surface area (Å²) in [6.07, 6.45) is 1.18. The molecule has 5 heteroatoms. The second kappa shape index (κ2) is 3.92. The normalized spacial score (nSPS) is 11.0. The van der Waals surface area contributed by atoms with Crippen LogP contribution in [-0.4, -0.2) is 15.2 Å². The maximum absolute atomic E-state index is 12.8. The monoisotopic (exact) mass is 220 g/mol. The molecule has 0 unspecified atom stereocenters. The minimum absolute atomic E-state index is 0.237. The van der Waals surface area contributed by atoms with Gasteiger partial charge in [-0.2, -0.15) is 5.10 Å². The third-order valence-corrected chi connectivity index (χ3v) is 2.39. The maximum atomic E-state index is 12.8. The fraction of sp³-hybridized carbons (Fsp3) is 0.273. The van der Waals surface area contributed by atoms with Gasteiger partial charge in [-0.1, -0.05) is 13.8 Å². The van der Waals surface area contributed by atoms with Crippen molar-refractivity contribution < 1.29 is 4.39 Å². The lowest BCUT2D eigenvalue weighted by Gasteiger charge is -2.06. The third kappa shape index (κ3) is 1.76. The van der Waals surface area contributed by atoms with Crippen LogP contribution in [0.5, 0.6) is 0 Å². The number of anilines is 1. The van der Waals surface area contributed by atoms with E-state index in [0.29, 0.717) is 11.5 Å². The first-order valence-corrected chi connectivity index (χ1v) is 5.05. The molecule has 0 radical (unpaired) electrons. The molecule has 2 heterocycles. The number of H-pyrrole nitrogens is 1. The second-order valence-corrected chi connectivity index (χ2v) is 3.91. The summed E-state index contributed by atoms with van der Waals surface area (Å²) in [6.45, 7) is 4.04. The minimum atomic E-state index is -0.359. The molecule has 0 amide bonds. The van der Waals surface area contributed by atoms with Gasteiger partial charge in [0.2, 0.25) is 0 Å². The highest BCUT2D eigenvalue weighted by atomic mass is 19.1. The quantitative estimate of drug-likeness (QED) is 0.816. The largest absolute Gasteiger partial charge is 0.382 e. The van der Waals surface area contributed by atoms with Crippen LogP contribution in [0.4, 0.5) is 10.2 Å². The average Bonchev–Trinajstić information content (AvgIpc) is 2.61. The Morgan fingerprint density at radius 2 is 2.12 bits per heavy atom. The number of pyridine rings is 1. The van der Waals surface area contributed by atoms with Crippen molar-refractivity contribution in [3.05, 3.63) is 29.7 Å². The first-order chi connectivity index (χ1) is 7.59. The van der Waals surface area contributed by atoms with E-state index < -0.39 is 0 Å². The fourth-order valence-corrected chi connectivity index (χ4v) is 1.67. The number of rotatable bonds is 2. The molecular weight excluding hydrogens is 207 g/mol. The molecular formula is C11H13FN4. The number of aromatic amines is 1. The predicted octanol–water partition coefficient (Wildman–Crippen LogP) is 2.32. The predicted molar refractivity (Wildman–Crippen MR) is 60.3 cm³/mol. The molecule has 0 aromatic carbocycles. The lowest BCUT2D eigenvalue weighted by Crippen LogP contribution is -1.96. The lowest BCUT2D eigenvalue weighted by atomic mass is 10.0. The molecule has 0 aliphatic rings. The van der Waals surface area contributed by atoms with Crippen LogP contribution in [0.25, 0.3) is 11.4 Å². The van der Waals surface area contributed by atoms with E-state index in [1.807, 2.05) is 13.8 Å². The van der Waals surface area contributed by atoms with E-state index in [1.54, 1.807) is 6.07 Å². The van der Waals surface area contributed by atoms with E-state index in [4.69, 9.17) is 5.73 Å². The first kappa shape index (κ1) is 10.6.